The van der Waals surface area contributed by atoms with Crippen molar-refractivity contribution >= 4 is 16.6 Å². The predicted molar refractivity (Wildman–Crippen MR) is 73.0 cm³/mol. The van der Waals surface area contributed by atoms with E-state index in [1.807, 2.05) is 49.3 Å². The molecule has 3 heteroatoms. The minimum atomic E-state index is -0.102. The highest BCUT2D eigenvalue weighted by Gasteiger charge is 2.16. The average Bonchev–Trinajstić information content (AvgIpc) is 2.27. The number of ketones is 1. The summed E-state index contributed by atoms with van der Waals surface area (Å²) in [5, 5.41) is 12.0. The Bertz CT molecular complexity index is 603. The van der Waals surface area contributed by atoms with Gasteiger partial charge in [-0.2, -0.15) is 0 Å². The summed E-state index contributed by atoms with van der Waals surface area (Å²) in [5.41, 5.74) is 1.30. The van der Waals surface area contributed by atoms with Crippen molar-refractivity contribution < 1.29 is 9.90 Å². The number of carbonyl (C=O) groups is 1. The topological polar surface area (TPSA) is 40.5 Å². The number of fused-ring (bicyclic) bond motifs is 1. The zero-order chi connectivity index (χ0) is 13.3. The molecule has 0 aliphatic heterocycles. The third-order valence-corrected chi connectivity index (χ3v) is 2.94. The van der Waals surface area contributed by atoms with E-state index in [0.717, 1.165) is 16.3 Å². The van der Waals surface area contributed by atoms with Crippen LogP contribution < -0.4 is 0 Å². The Morgan fingerprint density at radius 1 is 1.28 bits per heavy atom. The summed E-state index contributed by atoms with van der Waals surface area (Å²) in [7, 11) is 3.88. The van der Waals surface area contributed by atoms with Crippen molar-refractivity contribution in [2.24, 2.45) is 0 Å². The number of rotatable bonds is 3. The van der Waals surface area contributed by atoms with Crippen molar-refractivity contribution in [1.29, 1.82) is 0 Å². The van der Waals surface area contributed by atoms with Gasteiger partial charge < -0.3 is 10.0 Å². The lowest BCUT2D eigenvalue weighted by Gasteiger charge is -2.15. The summed E-state index contributed by atoms with van der Waals surface area (Å²) in [6.45, 7) is 2.12. The number of aromatic hydroxyl groups is 1. The lowest BCUT2D eigenvalue weighted by Crippen LogP contribution is -2.13. The zero-order valence-corrected chi connectivity index (χ0v) is 10.9. The van der Waals surface area contributed by atoms with Gasteiger partial charge in [-0.05, 0) is 38.0 Å². The number of phenols is 1. The van der Waals surface area contributed by atoms with E-state index >= 15 is 0 Å². The Hall–Kier alpha value is -1.87. The van der Waals surface area contributed by atoms with Crippen LogP contribution in [0.5, 0.6) is 5.75 Å². The van der Waals surface area contributed by atoms with Gasteiger partial charge in [-0.3, -0.25) is 4.79 Å². The third kappa shape index (κ3) is 2.22. The predicted octanol–water partition coefficient (Wildman–Crippen LogP) is 2.81. The highest BCUT2D eigenvalue weighted by Crippen LogP contribution is 2.32. The van der Waals surface area contributed by atoms with Gasteiger partial charge in [0, 0.05) is 11.9 Å². The van der Waals surface area contributed by atoms with Crippen molar-refractivity contribution in [3.63, 3.8) is 0 Å². The summed E-state index contributed by atoms with van der Waals surface area (Å²) in [6, 6.07) is 9.53. The smallest absolute Gasteiger partial charge is 0.163 e. The molecule has 2 aromatic carbocycles. The van der Waals surface area contributed by atoms with E-state index in [4.69, 9.17) is 0 Å². The molecule has 1 N–H and O–H groups in total. The fourth-order valence-electron chi connectivity index (χ4n) is 2.24. The molecule has 0 atom stereocenters. The van der Waals surface area contributed by atoms with Crippen molar-refractivity contribution in [1.82, 2.24) is 4.90 Å². The Balaban J connectivity index is 2.74. The van der Waals surface area contributed by atoms with Crippen molar-refractivity contribution in [3.05, 3.63) is 41.5 Å². The average molecular weight is 243 g/mol. The molecule has 0 radical (unpaired) electrons. The van der Waals surface area contributed by atoms with Crippen LogP contribution in [0.2, 0.25) is 0 Å². The van der Waals surface area contributed by atoms with Crippen LogP contribution in [0.15, 0.2) is 30.3 Å². The Morgan fingerprint density at radius 2 is 1.94 bits per heavy atom. The Labute approximate surface area is 107 Å². The molecule has 0 unspecified atom stereocenters. The first-order valence-corrected chi connectivity index (χ1v) is 5.90. The van der Waals surface area contributed by atoms with Crippen molar-refractivity contribution in [2.45, 2.75) is 13.5 Å². The first-order valence-electron chi connectivity index (χ1n) is 5.90. The largest absolute Gasteiger partial charge is 0.507 e. The molecule has 0 saturated heterocycles. The van der Waals surface area contributed by atoms with Crippen LogP contribution in [0.3, 0.4) is 0 Å². The SMILES string of the molecule is CC(=O)c1c(CN(C)C)cc2ccccc2c1O. The van der Waals surface area contributed by atoms with Gasteiger partial charge in [-0.25, -0.2) is 0 Å². The Morgan fingerprint density at radius 3 is 2.56 bits per heavy atom. The number of phenolic OH excluding ortho intramolecular Hbond substituents is 1. The molecule has 0 spiro atoms. The molecule has 3 nitrogen and oxygen atoms in total. The minimum Gasteiger partial charge on any atom is -0.507 e. The zero-order valence-electron chi connectivity index (χ0n) is 10.9. The molecular weight excluding hydrogens is 226 g/mol. The number of hydrogen-bond acceptors (Lipinski definition) is 3. The monoisotopic (exact) mass is 243 g/mol. The summed E-state index contributed by atoms with van der Waals surface area (Å²) in [6.07, 6.45) is 0. The van der Waals surface area contributed by atoms with Crippen LogP contribution >= 0.6 is 0 Å². The molecule has 0 saturated carbocycles. The van der Waals surface area contributed by atoms with Crippen LogP contribution in [0.4, 0.5) is 0 Å². The van der Waals surface area contributed by atoms with Crippen molar-refractivity contribution in [2.75, 3.05) is 14.1 Å². The normalized spacial score (nSPS) is 11.1. The van der Waals surface area contributed by atoms with Crippen LogP contribution in [0, 0.1) is 0 Å². The first kappa shape index (κ1) is 12.6. The maximum Gasteiger partial charge on any atom is 0.163 e. The fourth-order valence-corrected chi connectivity index (χ4v) is 2.24. The van der Waals surface area contributed by atoms with Gasteiger partial charge in [0.15, 0.2) is 5.78 Å². The molecule has 0 bridgehead atoms. The molecule has 0 aromatic heterocycles. The maximum absolute atomic E-state index is 11.7. The van der Waals surface area contributed by atoms with E-state index < -0.39 is 0 Å². The molecule has 18 heavy (non-hydrogen) atoms. The van der Waals surface area contributed by atoms with Gasteiger partial charge in [0.25, 0.3) is 0 Å². The van der Waals surface area contributed by atoms with Crippen LogP contribution in [-0.2, 0) is 6.54 Å². The van der Waals surface area contributed by atoms with E-state index in [1.54, 1.807) is 0 Å². The molecule has 0 fully saturated rings. The summed E-state index contributed by atoms with van der Waals surface area (Å²) in [4.78, 5) is 13.7. The lowest BCUT2D eigenvalue weighted by molar-refractivity contribution is 0.101. The third-order valence-electron chi connectivity index (χ3n) is 2.94. The van der Waals surface area contributed by atoms with Gasteiger partial charge in [0.05, 0.1) is 5.56 Å². The molecule has 0 heterocycles. The summed E-state index contributed by atoms with van der Waals surface area (Å²) in [5.74, 6) is -0.00690. The standard InChI is InChI=1S/C15H17NO2/c1-10(17)14-12(9-16(2)3)8-11-6-4-5-7-13(11)15(14)18/h4-8,18H,9H2,1-3H3. The number of carbonyl (C=O) groups excluding carboxylic acids is 1. The highest BCUT2D eigenvalue weighted by atomic mass is 16.3. The molecule has 2 aromatic rings. The number of hydrogen-bond donors (Lipinski definition) is 1. The van der Waals surface area contributed by atoms with Crippen molar-refractivity contribution in [3.8, 4) is 5.75 Å². The van der Waals surface area contributed by atoms with Crippen LogP contribution in [0.1, 0.15) is 22.8 Å². The van der Waals surface area contributed by atoms with Crippen LogP contribution in [-0.4, -0.2) is 29.9 Å². The van der Waals surface area contributed by atoms with E-state index in [0.29, 0.717) is 12.1 Å². The molecule has 0 aliphatic rings. The number of nitrogens with zero attached hydrogens (tertiary/aromatic N) is 1. The van der Waals surface area contributed by atoms with Gasteiger partial charge in [0.2, 0.25) is 0 Å². The molecule has 94 valence electrons. The van der Waals surface area contributed by atoms with Crippen LogP contribution in [0.25, 0.3) is 10.8 Å². The molecule has 0 amide bonds. The van der Waals surface area contributed by atoms with Gasteiger partial charge in [0.1, 0.15) is 5.75 Å². The van der Waals surface area contributed by atoms with E-state index in [-0.39, 0.29) is 11.5 Å². The number of Topliss-reactive ketones (excluding diaryl/α,β-unsaturated/α-hetero) is 1. The van der Waals surface area contributed by atoms with Gasteiger partial charge >= 0.3 is 0 Å². The van der Waals surface area contributed by atoms with E-state index in [2.05, 4.69) is 0 Å². The van der Waals surface area contributed by atoms with E-state index in [9.17, 15) is 9.90 Å². The quantitative estimate of drug-likeness (QED) is 0.843. The molecule has 2 rings (SSSR count). The summed E-state index contributed by atoms with van der Waals surface area (Å²) < 4.78 is 0. The van der Waals surface area contributed by atoms with Gasteiger partial charge in [-0.1, -0.05) is 24.3 Å². The number of benzene rings is 2. The minimum absolute atomic E-state index is 0.0949. The second-order valence-corrected chi connectivity index (χ2v) is 4.77. The first-order chi connectivity index (χ1) is 8.50. The fraction of sp³-hybridized carbons (Fsp3) is 0.267. The van der Waals surface area contributed by atoms with Gasteiger partial charge in [-0.15, -0.1) is 0 Å². The Kier molecular flexibility index (Phi) is 3.34. The summed E-state index contributed by atoms with van der Waals surface area (Å²) >= 11 is 0. The lowest BCUT2D eigenvalue weighted by atomic mass is 9.97. The second kappa shape index (κ2) is 4.78. The van der Waals surface area contributed by atoms with E-state index in [1.165, 1.54) is 6.92 Å². The maximum atomic E-state index is 11.7. The highest BCUT2D eigenvalue weighted by molar-refractivity contribution is 6.05. The second-order valence-electron chi connectivity index (χ2n) is 4.77. The molecular formula is C15H17NO2. The molecule has 0 aliphatic carbocycles.